The molecular weight excluding hydrogens is 232 g/mol. The van der Waals surface area contributed by atoms with Crippen molar-refractivity contribution in [3.8, 4) is 0 Å². The first-order valence-electron chi connectivity index (χ1n) is 8.73. The molecule has 0 saturated heterocycles. The summed E-state index contributed by atoms with van der Waals surface area (Å²) in [6.07, 6.45) is 12.0. The Hall–Kier alpha value is -0.0800. The van der Waals surface area contributed by atoms with Gasteiger partial charge in [0.25, 0.3) is 0 Å². The highest BCUT2D eigenvalue weighted by atomic mass is 15.2. The van der Waals surface area contributed by atoms with E-state index in [1.807, 2.05) is 0 Å². The largest absolute Gasteiger partial charge is 0.329 e. The highest BCUT2D eigenvalue weighted by molar-refractivity contribution is 5.04. The minimum Gasteiger partial charge on any atom is -0.329 e. The fourth-order valence-electron chi connectivity index (χ4n) is 6.09. The van der Waals surface area contributed by atoms with Crippen molar-refractivity contribution in [1.29, 1.82) is 0 Å². The van der Waals surface area contributed by atoms with Crippen LogP contribution in [-0.2, 0) is 0 Å². The van der Waals surface area contributed by atoms with Crippen LogP contribution in [0.4, 0.5) is 0 Å². The van der Waals surface area contributed by atoms with Gasteiger partial charge in [0.05, 0.1) is 0 Å². The van der Waals surface area contributed by atoms with Gasteiger partial charge in [-0.3, -0.25) is 4.90 Å². The van der Waals surface area contributed by atoms with Crippen molar-refractivity contribution in [2.24, 2.45) is 29.4 Å². The second-order valence-electron chi connectivity index (χ2n) is 8.04. The molecular formula is C17H30N2. The molecule has 5 aliphatic carbocycles. The molecule has 4 bridgehead atoms. The first-order valence-corrected chi connectivity index (χ1v) is 8.73. The lowest BCUT2D eigenvalue weighted by Crippen LogP contribution is -2.62. The smallest absolute Gasteiger partial charge is 0.0196 e. The maximum atomic E-state index is 6.04. The topological polar surface area (TPSA) is 29.3 Å². The van der Waals surface area contributed by atoms with Crippen molar-refractivity contribution in [2.45, 2.75) is 76.4 Å². The van der Waals surface area contributed by atoms with E-state index in [0.29, 0.717) is 6.04 Å². The second kappa shape index (κ2) is 4.73. The number of nitrogens with zero attached hydrogens (tertiary/aromatic N) is 1. The maximum Gasteiger partial charge on any atom is 0.0196 e. The molecule has 0 aromatic rings. The number of rotatable bonds is 4. The summed E-state index contributed by atoms with van der Waals surface area (Å²) in [6, 6.07) is 2.38. The molecule has 0 aliphatic heterocycles. The summed E-state index contributed by atoms with van der Waals surface area (Å²) >= 11 is 0. The molecule has 0 aromatic heterocycles. The zero-order valence-electron chi connectivity index (χ0n) is 12.4. The summed E-state index contributed by atoms with van der Waals surface area (Å²) in [7, 11) is 0. The molecule has 0 heterocycles. The second-order valence-corrected chi connectivity index (χ2v) is 8.04. The predicted molar refractivity (Wildman–Crippen MR) is 78.8 cm³/mol. The van der Waals surface area contributed by atoms with Gasteiger partial charge in [-0.15, -0.1) is 0 Å². The summed E-state index contributed by atoms with van der Waals surface area (Å²) in [5.74, 6) is 4.22. The van der Waals surface area contributed by atoms with Gasteiger partial charge in [0, 0.05) is 24.7 Å². The normalized spacial score (nSPS) is 46.6. The van der Waals surface area contributed by atoms with Gasteiger partial charge in [-0.05, 0) is 75.5 Å². The van der Waals surface area contributed by atoms with Crippen LogP contribution in [0.15, 0.2) is 0 Å². The highest BCUT2D eigenvalue weighted by Gasteiger charge is 2.52. The SMILES string of the molecule is CC(CN)N(C1CCC1)C1C2CC3CC(C2)CC1C3. The molecule has 0 amide bonds. The molecule has 0 spiro atoms. The van der Waals surface area contributed by atoms with Gasteiger partial charge in [-0.2, -0.15) is 0 Å². The van der Waals surface area contributed by atoms with Crippen LogP contribution in [0.1, 0.15) is 58.3 Å². The third-order valence-corrected chi connectivity index (χ3v) is 6.87. The molecule has 1 atom stereocenters. The first-order chi connectivity index (χ1) is 9.26. The summed E-state index contributed by atoms with van der Waals surface area (Å²) in [4.78, 5) is 2.91. The summed E-state index contributed by atoms with van der Waals surface area (Å²) in [6.45, 7) is 3.22. The lowest BCUT2D eigenvalue weighted by Gasteiger charge is -2.60. The Bertz CT molecular complexity index is 303. The molecule has 2 heteroatoms. The third-order valence-electron chi connectivity index (χ3n) is 6.87. The van der Waals surface area contributed by atoms with Crippen molar-refractivity contribution in [3.05, 3.63) is 0 Å². The summed E-state index contributed by atoms with van der Waals surface area (Å²) in [5, 5.41) is 0. The fourth-order valence-corrected chi connectivity index (χ4v) is 6.09. The van der Waals surface area contributed by atoms with E-state index in [-0.39, 0.29) is 0 Å². The Labute approximate surface area is 118 Å². The third kappa shape index (κ3) is 1.98. The molecule has 19 heavy (non-hydrogen) atoms. The molecule has 1 unspecified atom stereocenters. The Morgan fingerprint density at radius 2 is 1.58 bits per heavy atom. The zero-order chi connectivity index (χ0) is 13.0. The van der Waals surface area contributed by atoms with Crippen molar-refractivity contribution < 1.29 is 0 Å². The van der Waals surface area contributed by atoms with Crippen LogP contribution < -0.4 is 5.73 Å². The Morgan fingerprint density at radius 3 is 2.00 bits per heavy atom. The van der Waals surface area contributed by atoms with E-state index in [1.165, 1.54) is 44.9 Å². The van der Waals surface area contributed by atoms with Gasteiger partial charge < -0.3 is 5.73 Å². The average molecular weight is 262 g/mol. The fraction of sp³-hybridized carbons (Fsp3) is 1.00. The minimum atomic E-state index is 0.604. The minimum absolute atomic E-state index is 0.604. The van der Waals surface area contributed by atoms with Gasteiger partial charge in [-0.25, -0.2) is 0 Å². The van der Waals surface area contributed by atoms with Gasteiger partial charge >= 0.3 is 0 Å². The molecule has 2 N–H and O–H groups in total. The van der Waals surface area contributed by atoms with Crippen molar-refractivity contribution in [3.63, 3.8) is 0 Å². The van der Waals surface area contributed by atoms with E-state index >= 15 is 0 Å². The monoisotopic (exact) mass is 262 g/mol. The standard InChI is InChI=1S/C17H30N2/c1-11(10-18)19(16-3-2-4-16)17-14-6-12-5-13(8-14)9-15(17)7-12/h11-17H,2-10,18H2,1H3. The van der Waals surface area contributed by atoms with Crippen LogP contribution in [-0.4, -0.2) is 29.6 Å². The average Bonchev–Trinajstić information content (AvgIpc) is 2.33. The van der Waals surface area contributed by atoms with Crippen LogP contribution in [0.2, 0.25) is 0 Å². The van der Waals surface area contributed by atoms with E-state index in [9.17, 15) is 0 Å². The molecule has 5 saturated carbocycles. The molecule has 2 nitrogen and oxygen atoms in total. The summed E-state index contributed by atoms with van der Waals surface area (Å²) < 4.78 is 0. The van der Waals surface area contributed by atoms with Crippen LogP contribution in [0, 0.1) is 23.7 Å². The van der Waals surface area contributed by atoms with Crippen molar-refractivity contribution in [2.75, 3.05) is 6.54 Å². The Kier molecular flexibility index (Phi) is 3.15. The van der Waals surface area contributed by atoms with E-state index in [0.717, 1.165) is 42.3 Å². The maximum absolute atomic E-state index is 6.04. The van der Waals surface area contributed by atoms with Crippen LogP contribution in [0.5, 0.6) is 0 Å². The lowest BCUT2D eigenvalue weighted by molar-refractivity contribution is -0.101. The van der Waals surface area contributed by atoms with E-state index in [2.05, 4.69) is 11.8 Å². The highest BCUT2D eigenvalue weighted by Crippen LogP contribution is 2.56. The zero-order valence-corrected chi connectivity index (χ0v) is 12.4. The summed E-state index contributed by atoms with van der Waals surface area (Å²) in [5.41, 5.74) is 6.04. The molecule has 0 aromatic carbocycles. The molecule has 5 aliphatic rings. The number of hydrogen-bond acceptors (Lipinski definition) is 2. The van der Waals surface area contributed by atoms with E-state index in [1.54, 1.807) is 6.42 Å². The van der Waals surface area contributed by atoms with Gasteiger partial charge in [0.2, 0.25) is 0 Å². The predicted octanol–water partition coefficient (Wildman–Crippen LogP) is 3.01. The van der Waals surface area contributed by atoms with Crippen LogP contribution in [0.3, 0.4) is 0 Å². The number of nitrogens with two attached hydrogens (primary N) is 1. The van der Waals surface area contributed by atoms with Gasteiger partial charge in [0.1, 0.15) is 0 Å². The molecule has 5 fully saturated rings. The van der Waals surface area contributed by atoms with Crippen molar-refractivity contribution in [1.82, 2.24) is 4.90 Å². The van der Waals surface area contributed by atoms with Crippen LogP contribution in [0.25, 0.3) is 0 Å². The Balaban J connectivity index is 1.58. The quantitative estimate of drug-likeness (QED) is 0.844. The molecule has 0 radical (unpaired) electrons. The van der Waals surface area contributed by atoms with E-state index < -0.39 is 0 Å². The number of hydrogen-bond donors (Lipinski definition) is 1. The van der Waals surface area contributed by atoms with Crippen LogP contribution >= 0.6 is 0 Å². The Morgan fingerprint density at radius 1 is 1.00 bits per heavy atom. The lowest BCUT2D eigenvalue weighted by atomic mass is 9.53. The van der Waals surface area contributed by atoms with Crippen molar-refractivity contribution >= 4 is 0 Å². The van der Waals surface area contributed by atoms with Gasteiger partial charge in [-0.1, -0.05) is 6.42 Å². The van der Waals surface area contributed by atoms with Gasteiger partial charge in [0.15, 0.2) is 0 Å². The van der Waals surface area contributed by atoms with E-state index in [4.69, 9.17) is 5.73 Å². The molecule has 108 valence electrons. The first kappa shape index (κ1) is 12.6. The molecule has 5 rings (SSSR count).